The van der Waals surface area contributed by atoms with Crippen molar-refractivity contribution in [3.8, 4) is 10.4 Å². The number of hydrogen-bond acceptors (Lipinski definition) is 5. The Hall–Kier alpha value is -2.99. The fourth-order valence-electron chi connectivity index (χ4n) is 2.44. The lowest BCUT2D eigenvalue weighted by Crippen LogP contribution is -2.01. The van der Waals surface area contributed by atoms with Gasteiger partial charge in [-0.25, -0.2) is 9.97 Å². The lowest BCUT2D eigenvalue weighted by molar-refractivity contribution is 1.18. The van der Waals surface area contributed by atoms with E-state index < -0.39 is 0 Å². The molecule has 5 nitrogen and oxygen atoms in total. The molecule has 1 aromatic carbocycles. The fraction of sp³-hybridized carbons (Fsp3) is 0.0556. The standard InChI is InChI=1S/C18H15N5S/c1-12(15-8-5-9-19-15)22-23-17-14-10-16(13-6-3-2-4-7-13)24-18(14)21-11-20-17/h2-11,19H,1H3,(H,20,21,23)/b22-12+. The molecule has 0 amide bonds. The molecule has 0 bridgehead atoms. The van der Waals surface area contributed by atoms with Crippen molar-refractivity contribution in [3.05, 3.63) is 66.7 Å². The van der Waals surface area contributed by atoms with E-state index in [9.17, 15) is 0 Å². The average Bonchev–Trinajstić information content (AvgIpc) is 3.30. The van der Waals surface area contributed by atoms with Crippen molar-refractivity contribution < 1.29 is 0 Å². The van der Waals surface area contributed by atoms with Crippen LogP contribution < -0.4 is 5.43 Å². The largest absolute Gasteiger partial charge is 0.360 e. The fourth-order valence-corrected chi connectivity index (χ4v) is 3.45. The summed E-state index contributed by atoms with van der Waals surface area (Å²) >= 11 is 1.65. The minimum absolute atomic E-state index is 0.712. The van der Waals surface area contributed by atoms with Crippen molar-refractivity contribution in [1.29, 1.82) is 0 Å². The summed E-state index contributed by atoms with van der Waals surface area (Å²) in [6, 6.07) is 16.3. The van der Waals surface area contributed by atoms with Gasteiger partial charge in [0.15, 0.2) is 5.82 Å². The first-order valence-corrected chi connectivity index (χ1v) is 8.37. The van der Waals surface area contributed by atoms with E-state index >= 15 is 0 Å². The van der Waals surface area contributed by atoms with Crippen molar-refractivity contribution in [3.63, 3.8) is 0 Å². The summed E-state index contributed by atoms with van der Waals surface area (Å²) in [5.41, 5.74) is 6.08. The molecule has 0 aliphatic heterocycles. The average molecular weight is 333 g/mol. The number of aromatic amines is 1. The molecule has 24 heavy (non-hydrogen) atoms. The van der Waals surface area contributed by atoms with Crippen molar-refractivity contribution in [2.45, 2.75) is 6.92 Å². The normalized spacial score (nSPS) is 11.8. The molecule has 4 aromatic rings. The van der Waals surface area contributed by atoms with Crippen LogP contribution in [0.5, 0.6) is 0 Å². The van der Waals surface area contributed by atoms with E-state index in [4.69, 9.17) is 0 Å². The van der Waals surface area contributed by atoms with Crippen LogP contribution in [0.2, 0.25) is 0 Å². The van der Waals surface area contributed by atoms with Crippen LogP contribution in [0.4, 0.5) is 5.82 Å². The van der Waals surface area contributed by atoms with Crippen LogP contribution in [0, 0.1) is 0 Å². The van der Waals surface area contributed by atoms with Gasteiger partial charge in [0, 0.05) is 11.1 Å². The lowest BCUT2D eigenvalue weighted by atomic mass is 10.2. The Morgan fingerprint density at radius 1 is 1.12 bits per heavy atom. The highest BCUT2D eigenvalue weighted by Crippen LogP contribution is 2.34. The minimum Gasteiger partial charge on any atom is -0.360 e. The summed E-state index contributed by atoms with van der Waals surface area (Å²) in [6.45, 7) is 1.94. The van der Waals surface area contributed by atoms with E-state index in [-0.39, 0.29) is 0 Å². The van der Waals surface area contributed by atoms with Gasteiger partial charge in [-0.2, -0.15) is 5.10 Å². The minimum atomic E-state index is 0.712. The van der Waals surface area contributed by atoms with Gasteiger partial charge in [0.2, 0.25) is 0 Å². The topological polar surface area (TPSA) is 66.0 Å². The smallest absolute Gasteiger partial charge is 0.158 e. The zero-order valence-electron chi connectivity index (χ0n) is 13.0. The van der Waals surface area contributed by atoms with Crippen LogP contribution in [-0.2, 0) is 0 Å². The predicted molar refractivity (Wildman–Crippen MR) is 99.5 cm³/mol. The number of thiophene rings is 1. The third-order valence-corrected chi connectivity index (χ3v) is 4.80. The molecule has 3 heterocycles. The van der Waals surface area contributed by atoms with Crippen LogP contribution in [0.3, 0.4) is 0 Å². The Labute approximate surface area is 143 Å². The highest BCUT2D eigenvalue weighted by atomic mass is 32.1. The van der Waals surface area contributed by atoms with Crippen LogP contribution in [0.15, 0.2) is 66.2 Å². The Morgan fingerprint density at radius 3 is 2.79 bits per heavy atom. The van der Waals surface area contributed by atoms with Gasteiger partial charge in [0.1, 0.15) is 11.2 Å². The third kappa shape index (κ3) is 2.79. The summed E-state index contributed by atoms with van der Waals surface area (Å²) in [7, 11) is 0. The quantitative estimate of drug-likeness (QED) is 0.426. The second kappa shape index (κ2) is 6.25. The van der Waals surface area contributed by atoms with Crippen LogP contribution in [0.1, 0.15) is 12.6 Å². The molecule has 0 aliphatic carbocycles. The van der Waals surface area contributed by atoms with E-state index in [0.717, 1.165) is 21.6 Å². The molecular formula is C18H15N5S. The molecule has 0 atom stereocenters. The molecule has 0 aliphatic rings. The maximum absolute atomic E-state index is 4.42. The van der Waals surface area contributed by atoms with Gasteiger partial charge >= 0.3 is 0 Å². The SMILES string of the molecule is C/C(=N\Nc1ncnc2sc(-c3ccccc3)cc12)c1ccc[nH]1. The van der Waals surface area contributed by atoms with E-state index in [0.29, 0.717) is 5.82 Å². The predicted octanol–water partition coefficient (Wildman–Crippen LogP) is 4.52. The molecular weight excluding hydrogens is 318 g/mol. The van der Waals surface area contributed by atoms with Crippen LogP contribution >= 0.6 is 11.3 Å². The second-order valence-electron chi connectivity index (χ2n) is 5.31. The summed E-state index contributed by atoms with van der Waals surface area (Å²) in [6.07, 6.45) is 3.44. The molecule has 0 unspecified atom stereocenters. The molecule has 6 heteroatoms. The Bertz CT molecular complexity index is 987. The Morgan fingerprint density at radius 2 is 2.00 bits per heavy atom. The molecule has 0 saturated carbocycles. The summed E-state index contributed by atoms with van der Waals surface area (Å²) < 4.78 is 0. The van der Waals surface area contributed by atoms with Gasteiger partial charge in [-0.15, -0.1) is 11.3 Å². The summed E-state index contributed by atoms with van der Waals surface area (Å²) in [4.78, 5) is 14.0. The van der Waals surface area contributed by atoms with E-state index in [2.05, 4.69) is 43.7 Å². The number of benzene rings is 1. The summed E-state index contributed by atoms with van der Waals surface area (Å²) in [5, 5.41) is 5.40. The maximum atomic E-state index is 4.42. The molecule has 4 rings (SSSR count). The van der Waals surface area contributed by atoms with E-state index in [1.165, 1.54) is 10.4 Å². The Balaban J connectivity index is 1.69. The molecule has 118 valence electrons. The molecule has 0 radical (unpaired) electrons. The first-order valence-electron chi connectivity index (χ1n) is 7.55. The van der Waals surface area contributed by atoms with Gasteiger partial charge < -0.3 is 4.98 Å². The number of hydrazone groups is 1. The van der Waals surface area contributed by atoms with Gasteiger partial charge in [-0.05, 0) is 30.7 Å². The molecule has 0 spiro atoms. The number of anilines is 1. The molecule has 0 fully saturated rings. The number of nitrogens with one attached hydrogen (secondary N) is 2. The third-order valence-electron chi connectivity index (χ3n) is 3.70. The number of aromatic nitrogens is 3. The highest BCUT2D eigenvalue weighted by Gasteiger charge is 2.10. The van der Waals surface area contributed by atoms with Gasteiger partial charge in [-0.1, -0.05) is 30.3 Å². The van der Waals surface area contributed by atoms with Gasteiger partial charge in [-0.3, -0.25) is 5.43 Å². The van der Waals surface area contributed by atoms with E-state index in [1.54, 1.807) is 17.7 Å². The van der Waals surface area contributed by atoms with Crippen LogP contribution in [0.25, 0.3) is 20.7 Å². The number of hydrogen-bond donors (Lipinski definition) is 2. The van der Waals surface area contributed by atoms with E-state index in [1.807, 2.05) is 43.5 Å². The van der Waals surface area contributed by atoms with Crippen molar-refractivity contribution >= 4 is 33.1 Å². The number of nitrogens with zero attached hydrogens (tertiary/aromatic N) is 3. The molecule has 2 N–H and O–H groups in total. The van der Waals surface area contributed by atoms with Gasteiger partial charge in [0.05, 0.1) is 16.8 Å². The zero-order chi connectivity index (χ0) is 16.4. The van der Waals surface area contributed by atoms with Gasteiger partial charge in [0.25, 0.3) is 0 Å². The van der Waals surface area contributed by atoms with Crippen LogP contribution in [-0.4, -0.2) is 20.7 Å². The van der Waals surface area contributed by atoms with Crippen molar-refractivity contribution in [2.24, 2.45) is 5.10 Å². The zero-order valence-corrected chi connectivity index (χ0v) is 13.8. The highest BCUT2D eigenvalue weighted by molar-refractivity contribution is 7.21. The van der Waals surface area contributed by atoms with Crippen molar-refractivity contribution in [1.82, 2.24) is 15.0 Å². The monoisotopic (exact) mass is 333 g/mol. The summed E-state index contributed by atoms with van der Waals surface area (Å²) in [5.74, 6) is 0.712. The lowest BCUT2D eigenvalue weighted by Gasteiger charge is -2.02. The number of H-pyrrole nitrogens is 1. The maximum Gasteiger partial charge on any atom is 0.158 e. The Kier molecular flexibility index (Phi) is 3.80. The first kappa shape index (κ1) is 14.6. The van der Waals surface area contributed by atoms with Crippen molar-refractivity contribution in [2.75, 3.05) is 5.43 Å². The molecule has 0 saturated heterocycles. The molecule has 3 aromatic heterocycles. The second-order valence-corrected chi connectivity index (χ2v) is 6.34. The number of fused-ring (bicyclic) bond motifs is 1. The number of rotatable bonds is 4. The first-order chi connectivity index (χ1) is 11.8.